The van der Waals surface area contributed by atoms with Crippen LogP contribution in [0, 0.1) is 0 Å². The lowest BCUT2D eigenvalue weighted by Gasteiger charge is -2.10. The molecule has 184 valence electrons. The number of hydrogen-bond donors (Lipinski definition) is 1. The Morgan fingerprint density at radius 3 is 2.32 bits per heavy atom. The maximum absolute atomic E-state index is 12.3. The van der Waals surface area contributed by atoms with E-state index in [0.29, 0.717) is 17.1 Å². The zero-order valence-electron chi connectivity index (χ0n) is 20.7. The summed E-state index contributed by atoms with van der Waals surface area (Å²) in [7, 11) is 0. The van der Waals surface area contributed by atoms with Crippen LogP contribution in [0.3, 0.4) is 0 Å². The second-order valence-corrected chi connectivity index (χ2v) is 9.66. The van der Waals surface area contributed by atoms with Gasteiger partial charge in [-0.1, -0.05) is 94.5 Å². The highest BCUT2D eigenvalue weighted by molar-refractivity contribution is 6.30. The third-order valence-corrected chi connectivity index (χ3v) is 6.65. The highest BCUT2D eigenvalue weighted by Gasteiger charge is 2.11. The molecule has 1 N–H and O–H groups in total. The number of fused-ring (bicyclic) bond motifs is 1. The molecule has 0 aliphatic heterocycles. The van der Waals surface area contributed by atoms with Gasteiger partial charge in [0, 0.05) is 30.1 Å². The zero-order chi connectivity index (χ0) is 24.0. The largest absolute Gasteiger partial charge is 0.352 e. The van der Waals surface area contributed by atoms with E-state index in [9.17, 15) is 4.79 Å². The van der Waals surface area contributed by atoms with Gasteiger partial charge in [-0.3, -0.25) is 4.79 Å². The summed E-state index contributed by atoms with van der Waals surface area (Å²) >= 11 is 6.00. The van der Waals surface area contributed by atoms with Crippen LogP contribution in [0.25, 0.3) is 11.0 Å². The van der Waals surface area contributed by atoms with Crippen molar-refractivity contribution >= 4 is 28.5 Å². The van der Waals surface area contributed by atoms with E-state index in [1.807, 2.05) is 0 Å². The van der Waals surface area contributed by atoms with Gasteiger partial charge in [0.15, 0.2) is 0 Å². The lowest BCUT2D eigenvalue weighted by molar-refractivity contribution is 0.0953. The van der Waals surface area contributed by atoms with E-state index in [-0.39, 0.29) is 5.91 Å². The molecule has 0 bridgehead atoms. The summed E-state index contributed by atoms with van der Waals surface area (Å²) in [5.41, 5.74) is 2.88. The van der Waals surface area contributed by atoms with Gasteiger partial charge in [-0.05, 0) is 43.2 Å². The quantitative estimate of drug-likeness (QED) is 0.211. The van der Waals surface area contributed by atoms with Gasteiger partial charge >= 0.3 is 0 Å². The number of imidazole rings is 1. The molecule has 0 aliphatic rings. The van der Waals surface area contributed by atoms with E-state index in [1.165, 1.54) is 69.7 Å². The summed E-state index contributed by atoms with van der Waals surface area (Å²) in [6, 6.07) is 15.5. The van der Waals surface area contributed by atoms with Crippen LogP contribution in [0.15, 0.2) is 48.5 Å². The van der Waals surface area contributed by atoms with Crippen molar-refractivity contribution in [2.45, 2.75) is 90.5 Å². The van der Waals surface area contributed by atoms with Crippen LogP contribution in [-0.4, -0.2) is 22.0 Å². The minimum atomic E-state index is -0.0821. The average Bonchev–Trinajstić information content (AvgIpc) is 3.20. The van der Waals surface area contributed by atoms with E-state index in [1.54, 1.807) is 24.3 Å². The van der Waals surface area contributed by atoms with Crippen LogP contribution in [0.2, 0.25) is 5.02 Å². The first-order valence-electron chi connectivity index (χ1n) is 13.2. The number of carbonyl (C=O) groups excluding carboxylic acids is 1. The van der Waals surface area contributed by atoms with E-state index in [4.69, 9.17) is 16.6 Å². The van der Waals surface area contributed by atoms with E-state index in [0.717, 1.165) is 30.7 Å². The molecule has 34 heavy (non-hydrogen) atoms. The maximum atomic E-state index is 12.3. The van der Waals surface area contributed by atoms with Crippen LogP contribution in [-0.2, 0) is 13.0 Å². The Hall–Kier alpha value is -2.33. The number of nitrogens with zero attached hydrogens (tertiary/aromatic N) is 2. The van der Waals surface area contributed by atoms with Crippen molar-refractivity contribution < 1.29 is 4.79 Å². The van der Waals surface area contributed by atoms with Crippen LogP contribution in [0.4, 0.5) is 0 Å². The van der Waals surface area contributed by atoms with Crippen molar-refractivity contribution in [3.8, 4) is 0 Å². The zero-order valence-corrected chi connectivity index (χ0v) is 21.5. The van der Waals surface area contributed by atoms with Crippen molar-refractivity contribution in [2.24, 2.45) is 0 Å². The molecule has 5 heteroatoms. The van der Waals surface area contributed by atoms with Crippen molar-refractivity contribution in [2.75, 3.05) is 6.54 Å². The highest BCUT2D eigenvalue weighted by Crippen LogP contribution is 2.19. The number of rotatable bonds is 16. The number of halogens is 1. The number of hydrogen-bond acceptors (Lipinski definition) is 2. The highest BCUT2D eigenvalue weighted by atomic mass is 35.5. The van der Waals surface area contributed by atoms with Crippen molar-refractivity contribution in [3.63, 3.8) is 0 Å². The fraction of sp³-hybridized carbons (Fsp3) is 0.517. The molecule has 0 unspecified atom stereocenters. The molecule has 0 aliphatic carbocycles. The number of amides is 1. The minimum Gasteiger partial charge on any atom is -0.352 e. The molecule has 2 aromatic carbocycles. The Bertz CT molecular complexity index is 1010. The van der Waals surface area contributed by atoms with Gasteiger partial charge < -0.3 is 9.88 Å². The standard InChI is InChI=1S/C29H40ClN3O/c1-2-3-4-5-6-7-8-9-10-13-22-33-27-19-12-11-18-26(27)32-28(33)20-15-21-31-29(34)24-16-14-17-25(30)23-24/h11-12,14,16-19,23H,2-10,13,15,20-22H2,1H3,(H,31,34). The summed E-state index contributed by atoms with van der Waals surface area (Å²) in [5.74, 6) is 1.04. The number of aryl methyl sites for hydroxylation is 2. The number of carbonyl (C=O) groups is 1. The van der Waals surface area contributed by atoms with Crippen LogP contribution in [0.5, 0.6) is 0 Å². The first-order valence-corrected chi connectivity index (χ1v) is 13.5. The van der Waals surface area contributed by atoms with Crippen molar-refractivity contribution in [1.29, 1.82) is 0 Å². The van der Waals surface area contributed by atoms with Crippen molar-refractivity contribution in [1.82, 2.24) is 14.9 Å². The van der Waals surface area contributed by atoms with Crippen LogP contribution in [0.1, 0.15) is 93.7 Å². The van der Waals surface area contributed by atoms with Gasteiger partial charge in [-0.15, -0.1) is 0 Å². The molecule has 0 atom stereocenters. The molecule has 0 fully saturated rings. The Morgan fingerprint density at radius 1 is 0.882 bits per heavy atom. The lowest BCUT2D eigenvalue weighted by atomic mass is 10.1. The fourth-order valence-corrected chi connectivity index (χ4v) is 4.69. The predicted molar refractivity (Wildman–Crippen MR) is 144 cm³/mol. The molecule has 1 aromatic heterocycles. The lowest BCUT2D eigenvalue weighted by Crippen LogP contribution is -2.25. The Kier molecular flexibility index (Phi) is 11.5. The van der Waals surface area contributed by atoms with Gasteiger partial charge in [-0.25, -0.2) is 4.98 Å². The van der Waals surface area contributed by atoms with Gasteiger partial charge in [-0.2, -0.15) is 0 Å². The monoisotopic (exact) mass is 481 g/mol. The number of nitrogens with one attached hydrogen (secondary N) is 1. The van der Waals surface area contributed by atoms with Gasteiger partial charge in [0.05, 0.1) is 11.0 Å². The molecule has 0 spiro atoms. The fourth-order valence-electron chi connectivity index (χ4n) is 4.50. The number of benzene rings is 2. The number of para-hydroxylation sites is 2. The Balaban J connectivity index is 1.43. The predicted octanol–water partition coefficient (Wildman–Crippen LogP) is 7.97. The van der Waals surface area contributed by atoms with E-state index >= 15 is 0 Å². The normalized spacial score (nSPS) is 11.2. The number of aromatic nitrogens is 2. The SMILES string of the molecule is CCCCCCCCCCCCn1c(CCCNC(=O)c2cccc(Cl)c2)nc2ccccc21. The first kappa shape index (κ1) is 26.3. The van der Waals surface area contributed by atoms with Crippen LogP contribution < -0.4 is 5.32 Å². The summed E-state index contributed by atoms with van der Waals surface area (Å²) in [6.07, 6.45) is 15.1. The van der Waals surface area contributed by atoms with E-state index in [2.05, 4.69) is 41.1 Å². The van der Waals surface area contributed by atoms with E-state index < -0.39 is 0 Å². The van der Waals surface area contributed by atoms with Gasteiger partial charge in [0.1, 0.15) is 5.82 Å². The summed E-state index contributed by atoms with van der Waals surface area (Å²) in [4.78, 5) is 17.2. The average molecular weight is 482 g/mol. The second-order valence-electron chi connectivity index (χ2n) is 9.22. The summed E-state index contributed by atoms with van der Waals surface area (Å²) in [6.45, 7) is 3.91. The molecule has 0 saturated carbocycles. The Labute approximate surface area is 210 Å². The maximum Gasteiger partial charge on any atom is 0.251 e. The van der Waals surface area contributed by atoms with Gasteiger partial charge in [0.2, 0.25) is 0 Å². The summed E-state index contributed by atoms with van der Waals surface area (Å²) < 4.78 is 2.39. The Morgan fingerprint density at radius 2 is 1.59 bits per heavy atom. The first-order chi connectivity index (χ1) is 16.7. The van der Waals surface area contributed by atoms with Gasteiger partial charge in [0.25, 0.3) is 5.91 Å². The molecule has 3 aromatic rings. The third kappa shape index (κ3) is 8.47. The molecule has 4 nitrogen and oxygen atoms in total. The molecular weight excluding hydrogens is 442 g/mol. The minimum absolute atomic E-state index is 0.0821. The van der Waals surface area contributed by atoms with Crippen molar-refractivity contribution in [3.05, 3.63) is 64.9 Å². The smallest absolute Gasteiger partial charge is 0.251 e. The molecule has 0 radical (unpaired) electrons. The molecule has 0 saturated heterocycles. The molecule has 1 amide bonds. The molecular formula is C29H40ClN3O. The third-order valence-electron chi connectivity index (χ3n) is 6.42. The molecule has 3 rings (SSSR count). The molecule has 1 heterocycles. The summed E-state index contributed by atoms with van der Waals surface area (Å²) in [5, 5.41) is 3.58. The second kappa shape index (κ2) is 14.8. The number of unbranched alkanes of at least 4 members (excludes halogenated alkanes) is 9. The topological polar surface area (TPSA) is 46.9 Å². The van der Waals surface area contributed by atoms with Crippen LogP contribution >= 0.6 is 11.6 Å².